The van der Waals surface area contributed by atoms with Crippen LogP contribution in [0.2, 0.25) is 0 Å². The normalized spacial score (nSPS) is 34.2. The molecule has 5 heteroatoms. The first kappa shape index (κ1) is 14.2. The predicted octanol–water partition coefficient (Wildman–Crippen LogP) is 4.10. The van der Waals surface area contributed by atoms with Gasteiger partial charge in [-0.3, -0.25) is 4.79 Å². The van der Waals surface area contributed by atoms with Crippen LogP contribution in [-0.2, 0) is 0 Å². The average Bonchev–Trinajstić information content (AvgIpc) is 3.26. The number of thioether (sulfide) groups is 1. The van der Waals surface area contributed by atoms with Gasteiger partial charge in [-0.15, -0.1) is 11.8 Å². The van der Waals surface area contributed by atoms with Crippen molar-refractivity contribution < 1.29 is 4.74 Å². The molecule has 2 aliphatic carbocycles. The summed E-state index contributed by atoms with van der Waals surface area (Å²) in [6, 6.07) is 8.48. The molecule has 2 fully saturated rings. The topological polar surface area (TPSA) is 42.1 Å². The van der Waals surface area contributed by atoms with Gasteiger partial charge in [0.05, 0.1) is 12.1 Å². The van der Waals surface area contributed by atoms with Crippen LogP contribution in [0.15, 0.2) is 34.1 Å². The van der Waals surface area contributed by atoms with Gasteiger partial charge in [0, 0.05) is 16.0 Å². The molecule has 3 nitrogen and oxygen atoms in total. The van der Waals surface area contributed by atoms with E-state index in [4.69, 9.17) is 4.74 Å². The Morgan fingerprint density at radius 1 is 1.17 bits per heavy atom. The number of aromatic amines is 1. The number of aromatic nitrogens is 1. The number of hydrogen-bond donors (Lipinski definition) is 1. The monoisotopic (exact) mass is 345 g/mol. The van der Waals surface area contributed by atoms with Gasteiger partial charge in [-0.1, -0.05) is 23.5 Å². The number of nitrogens with one attached hydrogen (secondary N) is 1. The van der Waals surface area contributed by atoms with E-state index in [0.717, 1.165) is 22.6 Å². The lowest BCUT2D eigenvalue weighted by molar-refractivity contribution is 0.307. The third kappa shape index (κ3) is 2.06. The zero-order valence-corrected chi connectivity index (χ0v) is 14.6. The SMILES string of the molecule is COc1ccc([C@H]2c3sc(=O)[nH]c3S[C@@H]3[C@@H]4CC[C@@H](C4)[C@H]23)cc1. The van der Waals surface area contributed by atoms with E-state index in [-0.39, 0.29) is 4.87 Å². The maximum Gasteiger partial charge on any atom is 0.305 e. The van der Waals surface area contributed by atoms with Crippen LogP contribution in [0.25, 0.3) is 0 Å². The van der Waals surface area contributed by atoms with E-state index < -0.39 is 0 Å². The maximum absolute atomic E-state index is 12.0. The summed E-state index contributed by atoms with van der Waals surface area (Å²) in [6.45, 7) is 0. The van der Waals surface area contributed by atoms with E-state index in [9.17, 15) is 4.79 Å². The van der Waals surface area contributed by atoms with Crippen LogP contribution in [0.4, 0.5) is 0 Å². The molecule has 2 bridgehead atoms. The van der Waals surface area contributed by atoms with Crippen molar-refractivity contribution in [2.45, 2.75) is 35.5 Å². The smallest absolute Gasteiger partial charge is 0.305 e. The number of thiazole rings is 1. The molecule has 1 aliphatic heterocycles. The summed E-state index contributed by atoms with van der Waals surface area (Å²) in [5.41, 5.74) is 1.34. The summed E-state index contributed by atoms with van der Waals surface area (Å²) in [4.78, 5) is 16.4. The highest BCUT2D eigenvalue weighted by Crippen LogP contribution is 2.63. The molecule has 3 aliphatic rings. The van der Waals surface area contributed by atoms with Crippen LogP contribution in [0.3, 0.4) is 0 Å². The standard InChI is InChI=1S/C18H19NO2S2/c1-21-12-6-4-9(5-7-12)13-14-10-2-3-11(8-10)15(14)22-17-16(13)23-18(20)19-17/h4-7,10-11,13-15H,2-3,8H2,1H3,(H,19,20)/t10-,11+,13+,14+,15+/m0/s1. The van der Waals surface area contributed by atoms with Crippen molar-refractivity contribution >= 4 is 23.1 Å². The Labute approximate surface area is 143 Å². The fourth-order valence-corrected chi connectivity index (χ4v) is 7.93. The number of fused-ring (bicyclic) bond motifs is 6. The molecule has 0 amide bonds. The number of benzene rings is 1. The highest BCUT2D eigenvalue weighted by Gasteiger charge is 2.54. The quantitative estimate of drug-likeness (QED) is 0.891. The summed E-state index contributed by atoms with van der Waals surface area (Å²) >= 11 is 3.36. The van der Waals surface area contributed by atoms with Gasteiger partial charge in [0.15, 0.2) is 0 Å². The number of ether oxygens (including phenoxy) is 1. The first-order chi connectivity index (χ1) is 11.2. The second kappa shape index (κ2) is 5.15. The van der Waals surface area contributed by atoms with Crippen molar-refractivity contribution in [1.29, 1.82) is 0 Å². The molecule has 2 heterocycles. The average molecular weight is 345 g/mol. The Morgan fingerprint density at radius 2 is 1.96 bits per heavy atom. The predicted molar refractivity (Wildman–Crippen MR) is 93.7 cm³/mol. The summed E-state index contributed by atoms with van der Waals surface area (Å²) in [5.74, 6) is 3.63. The van der Waals surface area contributed by atoms with Crippen molar-refractivity contribution in [3.63, 3.8) is 0 Å². The highest BCUT2D eigenvalue weighted by atomic mass is 32.2. The van der Waals surface area contributed by atoms with E-state index in [2.05, 4.69) is 17.1 Å². The Bertz CT molecular complexity index is 794. The summed E-state index contributed by atoms with van der Waals surface area (Å²) in [6.07, 6.45) is 4.12. The van der Waals surface area contributed by atoms with Gasteiger partial charge in [0.1, 0.15) is 5.75 Å². The molecule has 23 heavy (non-hydrogen) atoms. The van der Waals surface area contributed by atoms with Gasteiger partial charge in [0.2, 0.25) is 0 Å². The van der Waals surface area contributed by atoms with E-state index in [1.165, 1.54) is 41.0 Å². The molecule has 0 saturated heterocycles. The van der Waals surface area contributed by atoms with Crippen molar-refractivity contribution in [2.75, 3.05) is 7.11 Å². The first-order valence-corrected chi connectivity index (χ1v) is 9.98. The first-order valence-electron chi connectivity index (χ1n) is 8.28. The number of H-pyrrole nitrogens is 1. The molecule has 2 aromatic rings. The Kier molecular flexibility index (Phi) is 3.17. The Morgan fingerprint density at radius 3 is 2.74 bits per heavy atom. The minimum atomic E-state index is 0.0910. The summed E-state index contributed by atoms with van der Waals surface area (Å²) < 4.78 is 5.31. The molecule has 1 aromatic heterocycles. The minimum Gasteiger partial charge on any atom is -0.497 e. The second-order valence-electron chi connectivity index (χ2n) is 6.95. The van der Waals surface area contributed by atoms with Crippen molar-refractivity contribution in [1.82, 2.24) is 4.98 Å². The van der Waals surface area contributed by atoms with Crippen LogP contribution >= 0.6 is 23.1 Å². The number of rotatable bonds is 2. The zero-order chi connectivity index (χ0) is 15.6. The van der Waals surface area contributed by atoms with E-state index in [1.807, 2.05) is 23.9 Å². The van der Waals surface area contributed by atoms with Crippen LogP contribution in [-0.4, -0.2) is 17.3 Å². The van der Waals surface area contributed by atoms with Crippen molar-refractivity contribution in [3.8, 4) is 5.75 Å². The number of methoxy groups -OCH3 is 1. The molecule has 0 radical (unpaired) electrons. The van der Waals surface area contributed by atoms with Gasteiger partial charge >= 0.3 is 4.87 Å². The molecule has 2 saturated carbocycles. The van der Waals surface area contributed by atoms with Crippen LogP contribution < -0.4 is 9.61 Å². The molecule has 0 unspecified atom stereocenters. The van der Waals surface area contributed by atoms with Gasteiger partial charge < -0.3 is 9.72 Å². The lowest BCUT2D eigenvalue weighted by Crippen LogP contribution is -2.33. The molecule has 5 atom stereocenters. The lowest BCUT2D eigenvalue weighted by atomic mass is 9.75. The largest absolute Gasteiger partial charge is 0.497 e. The Balaban J connectivity index is 1.64. The van der Waals surface area contributed by atoms with Gasteiger partial charge in [0.25, 0.3) is 0 Å². The number of hydrogen-bond acceptors (Lipinski definition) is 4. The van der Waals surface area contributed by atoms with E-state index in [0.29, 0.717) is 17.1 Å². The van der Waals surface area contributed by atoms with Gasteiger partial charge in [-0.05, 0) is 54.7 Å². The molecule has 0 spiro atoms. The molecule has 1 aromatic carbocycles. The van der Waals surface area contributed by atoms with Gasteiger partial charge in [-0.2, -0.15) is 0 Å². The maximum atomic E-state index is 12.0. The zero-order valence-electron chi connectivity index (χ0n) is 13.0. The van der Waals surface area contributed by atoms with Gasteiger partial charge in [-0.25, -0.2) is 0 Å². The molecule has 120 valence electrons. The molecular weight excluding hydrogens is 326 g/mol. The minimum absolute atomic E-state index is 0.0910. The lowest BCUT2D eigenvalue weighted by Gasteiger charge is -2.40. The third-order valence-electron chi connectivity index (χ3n) is 5.94. The third-order valence-corrected chi connectivity index (χ3v) is 8.56. The molecule has 5 rings (SSSR count). The molecular formula is C18H19NO2S2. The highest BCUT2D eigenvalue weighted by molar-refractivity contribution is 8.00. The van der Waals surface area contributed by atoms with Crippen LogP contribution in [0.5, 0.6) is 5.75 Å². The van der Waals surface area contributed by atoms with Crippen LogP contribution in [0.1, 0.15) is 35.6 Å². The fourth-order valence-electron chi connectivity index (χ4n) is 5.03. The van der Waals surface area contributed by atoms with Crippen LogP contribution in [0, 0.1) is 17.8 Å². The van der Waals surface area contributed by atoms with E-state index >= 15 is 0 Å². The van der Waals surface area contributed by atoms with E-state index in [1.54, 1.807) is 7.11 Å². The fraction of sp³-hybridized carbons (Fsp3) is 0.500. The molecule has 1 N–H and O–H groups in total. The summed E-state index contributed by atoms with van der Waals surface area (Å²) in [7, 11) is 1.70. The van der Waals surface area contributed by atoms with Crippen molar-refractivity contribution in [3.05, 3.63) is 44.4 Å². The summed E-state index contributed by atoms with van der Waals surface area (Å²) in [5, 5.41) is 1.81. The van der Waals surface area contributed by atoms with Crippen molar-refractivity contribution in [2.24, 2.45) is 17.8 Å². The Hall–Kier alpha value is -1.20. The second-order valence-corrected chi connectivity index (χ2v) is 9.15.